The molecule has 0 aliphatic carbocycles. The molecule has 0 saturated carbocycles. The molecule has 0 aromatic heterocycles. The van der Waals surface area contributed by atoms with Gasteiger partial charge in [-0.2, -0.15) is 0 Å². The van der Waals surface area contributed by atoms with Crippen LogP contribution in [0.3, 0.4) is 0 Å². The van der Waals surface area contributed by atoms with Crippen molar-refractivity contribution in [2.45, 2.75) is 58.5 Å². The summed E-state index contributed by atoms with van der Waals surface area (Å²) in [5.74, 6) is -1.62. The van der Waals surface area contributed by atoms with E-state index in [4.69, 9.17) is 8.85 Å². The molecule has 0 aliphatic heterocycles. The maximum atomic E-state index is 11.7. The van der Waals surface area contributed by atoms with Gasteiger partial charge >= 0.3 is 11.9 Å². The van der Waals surface area contributed by atoms with Crippen molar-refractivity contribution in [3.05, 3.63) is 0 Å². The fourth-order valence-electron chi connectivity index (χ4n) is 1.52. The molecular formula is C11H24O4Si2. The van der Waals surface area contributed by atoms with E-state index in [-0.39, 0.29) is 0 Å². The molecule has 0 N–H and O–H groups in total. The number of carbonyl (C=O) groups excluding carboxylic acids is 2. The van der Waals surface area contributed by atoms with Gasteiger partial charge in [0, 0.05) is 0 Å². The summed E-state index contributed by atoms with van der Waals surface area (Å²) >= 11 is 0. The molecule has 0 fully saturated rings. The molecule has 0 bridgehead atoms. The van der Waals surface area contributed by atoms with Crippen LogP contribution in [0.25, 0.3) is 0 Å². The Morgan fingerprint density at radius 3 is 1.47 bits per heavy atom. The Balaban J connectivity index is 4.58. The van der Waals surface area contributed by atoms with Crippen molar-refractivity contribution >= 4 is 28.6 Å². The zero-order valence-corrected chi connectivity index (χ0v) is 13.8. The van der Waals surface area contributed by atoms with Gasteiger partial charge in [-0.05, 0) is 37.8 Å². The minimum Gasteiger partial charge on any atom is -0.512 e. The van der Waals surface area contributed by atoms with Crippen LogP contribution in [0.15, 0.2) is 0 Å². The highest BCUT2D eigenvalue weighted by Crippen LogP contribution is 2.22. The Labute approximate surface area is 106 Å². The zero-order chi connectivity index (χ0) is 13.7. The molecule has 0 rings (SSSR count). The molecule has 4 nitrogen and oxygen atoms in total. The predicted molar refractivity (Wildman–Crippen MR) is 72.7 cm³/mol. The van der Waals surface area contributed by atoms with Crippen molar-refractivity contribution in [2.75, 3.05) is 0 Å². The molecule has 0 unspecified atom stereocenters. The highest BCUT2D eigenvalue weighted by atomic mass is 28.4. The molecule has 0 atom stereocenters. The molecule has 0 amide bonds. The van der Waals surface area contributed by atoms with E-state index in [1.807, 2.05) is 40.4 Å². The number of hydrogen-bond donors (Lipinski definition) is 0. The van der Waals surface area contributed by atoms with E-state index in [2.05, 4.69) is 0 Å². The van der Waals surface area contributed by atoms with Crippen molar-refractivity contribution in [2.24, 2.45) is 0 Å². The van der Waals surface area contributed by atoms with Crippen LogP contribution in [0.5, 0.6) is 0 Å². The maximum absolute atomic E-state index is 11.7. The summed E-state index contributed by atoms with van der Waals surface area (Å²) in [6.07, 6.45) is 0. The van der Waals surface area contributed by atoms with Gasteiger partial charge in [-0.15, -0.1) is 0 Å². The summed E-state index contributed by atoms with van der Waals surface area (Å²) in [7, 11) is -4.08. The minimum absolute atomic E-state index is 0.801. The van der Waals surface area contributed by atoms with Crippen molar-refractivity contribution in [1.82, 2.24) is 0 Å². The SMILES string of the molecule is CC[Si](CC)(CC)OC(=O)C(=O)O[Si](C)(C)C. The standard InChI is InChI=1S/C11H24O4Si2/c1-7-17(8-2,9-3)15-11(13)10(12)14-16(4,5)6/h7-9H2,1-6H3. The van der Waals surface area contributed by atoms with E-state index in [9.17, 15) is 9.59 Å². The van der Waals surface area contributed by atoms with Gasteiger partial charge in [0.05, 0.1) is 0 Å². The van der Waals surface area contributed by atoms with Crippen LogP contribution in [0.4, 0.5) is 0 Å². The van der Waals surface area contributed by atoms with E-state index in [1.165, 1.54) is 0 Å². The Morgan fingerprint density at radius 1 is 0.824 bits per heavy atom. The second-order valence-corrected chi connectivity index (χ2v) is 14.3. The predicted octanol–water partition coefficient (Wildman–Crippen LogP) is 2.91. The Hall–Kier alpha value is -0.626. The van der Waals surface area contributed by atoms with Crippen LogP contribution in [0, 0.1) is 0 Å². The van der Waals surface area contributed by atoms with Gasteiger partial charge in [0.25, 0.3) is 8.32 Å². The normalized spacial score (nSPS) is 12.1. The summed E-state index contributed by atoms with van der Waals surface area (Å²) in [6.45, 7) is 11.6. The lowest BCUT2D eigenvalue weighted by molar-refractivity contribution is -0.157. The van der Waals surface area contributed by atoms with E-state index < -0.39 is 28.6 Å². The molecule has 0 aromatic carbocycles. The summed E-state index contributed by atoms with van der Waals surface area (Å²) < 4.78 is 10.6. The summed E-state index contributed by atoms with van der Waals surface area (Å²) in [4.78, 5) is 23.2. The molecular weight excluding hydrogens is 252 g/mol. The summed E-state index contributed by atoms with van der Waals surface area (Å²) in [5.41, 5.74) is 0. The van der Waals surface area contributed by atoms with Crippen LogP contribution in [-0.4, -0.2) is 28.6 Å². The zero-order valence-electron chi connectivity index (χ0n) is 11.8. The molecule has 0 heterocycles. The van der Waals surface area contributed by atoms with Gasteiger partial charge in [0.1, 0.15) is 0 Å². The van der Waals surface area contributed by atoms with E-state index in [0.29, 0.717) is 0 Å². The van der Waals surface area contributed by atoms with Crippen molar-refractivity contribution in [1.29, 1.82) is 0 Å². The van der Waals surface area contributed by atoms with Gasteiger partial charge in [-0.25, -0.2) is 9.59 Å². The van der Waals surface area contributed by atoms with Crippen LogP contribution < -0.4 is 0 Å². The monoisotopic (exact) mass is 276 g/mol. The average Bonchev–Trinajstić information content (AvgIpc) is 2.23. The number of rotatable bonds is 5. The van der Waals surface area contributed by atoms with Crippen molar-refractivity contribution in [3.63, 3.8) is 0 Å². The largest absolute Gasteiger partial charge is 0.512 e. The van der Waals surface area contributed by atoms with Gasteiger partial charge < -0.3 is 8.85 Å². The topological polar surface area (TPSA) is 52.6 Å². The minimum atomic E-state index is -2.05. The lowest BCUT2D eigenvalue weighted by Gasteiger charge is -2.27. The Bertz CT molecular complexity index is 271. The Morgan fingerprint density at radius 2 is 1.18 bits per heavy atom. The number of carbonyl (C=O) groups is 2. The van der Waals surface area contributed by atoms with E-state index in [0.717, 1.165) is 18.1 Å². The molecule has 17 heavy (non-hydrogen) atoms. The molecule has 0 radical (unpaired) electrons. The molecule has 0 spiro atoms. The second-order valence-electron chi connectivity index (χ2n) is 5.14. The summed E-state index contributed by atoms with van der Waals surface area (Å²) in [6, 6.07) is 2.52. The highest BCUT2D eigenvalue weighted by molar-refractivity contribution is 6.77. The summed E-state index contributed by atoms with van der Waals surface area (Å²) in [5, 5.41) is 0. The maximum Gasteiger partial charge on any atom is 0.402 e. The van der Waals surface area contributed by atoms with E-state index in [1.54, 1.807) is 0 Å². The fraction of sp³-hybridized carbons (Fsp3) is 0.818. The van der Waals surface area contributed by atoms with Crippen molar-refractivity contribution < 1.29 is 18.4 Å². The molecule has 0 aliphatic rings. The second kappa shape index (κ2) is 6.35. The van der Waals surface area contributed by atoms with Crippen LogP contribution in [0.2, 0.25) is 37.8 Å². The van der Waals surface area contributed by atoms with Crippen molar-refractivity contribution in [3.8, 4) is 0 Å². The first-order chi connectivity index (χ1) is 7.69. The molecule has 0 aromatic rings. The molecule has 0 saturated heterocycles. The van der Waals surface area contributed by atoms with Gasteiger partial charge in [0.15, 0.2) is 0 Å². The third-order valence-corrected chi connectivity index (χ3v) is 8.09. The quantitative estimate of drug-likeness (QED) is 0.572. The fourth-order valence-corrected chi connectivity index (χ4v) is 4.57. The van der Waals surface area contributed by atoms with Gasteiger partial charge in [-0.1, -0.05) is 20.8 Å². The highest BCUT2D eigenvalue weighted by Gasteiger charge is 2.36. The molecule has 6 heteroatoms. The lowest BCUT2D eigenvalue weighted by Crippen LogP contribution is -2.42. The van der Waals surface area contributed by atoms with Crippen LogP contribution in [0.1, 0.15) is 20.8 Å². The van der Waals surface area contributed by atoms with Gasteiger partial charge in [0.2, 0.25) is 8.32 Å². The van der Waals surface area contributed by atoms with Crippen LogP contribution >= 0.6 is 0 Å². The third-order valence-electron chi connectivity index (χ3n) is 2.81. The molecule has 100 valence electrons. The smallest absolute Gasteiger partial charge is 0.402 e. The van der Waals surface area contributed by atoms with Crippen LogP contribution in [-0.2, 0) is 18.4 Å². The Kier molecular flexibility index (Phi) is 6.11. The van der Waals surface area contributed by atoms with E-state index >= 15 is 0 Å². The average molecular weight is 276 g/mol. The first-order valence-corrected chi connectivity index (χ1v) is 12.1. The first-order valence-electron chi connectivity index (χ1n) is 6.16. The van der Waals surface area contributed by atoms with Gasteiger partial charge in [-0.3, -0.25) is 0 Å². The first kappa shape index (κ1) is 16.4. The number of hydrogen-bond acceptors (Lipinski definition) is 4. The third kappa shape index (κ3) is 5.49. The lowest BCUT2D eigenvalue weighted by atomic mass is 10.7.